The molecule has 2 nitrogen and oxygen atoms in total. The minimum atomic E-state index is 1.02. The predicted octanol–water partition coefficient (Wildman–Crippen LogP) is 2.23. The van der Waals surface area contributed by atoms with Crippen molar-refractivity contribution in [2.24, 2.45) is 0 Å². The van der Waals surface area contributed by atoms with Crippen molar-refractivity contribution in [2.45, 2.75) is 27.3 Å². The van der Waals surface area contributed by atoms with E-state index in [4.69, 9.17) is 0 Å². The maximum absolute atomic E-state index is 4.14. The molecule has 0 aromatic carbocycles. The highest BCUT2D eigenvalue weighted by molar-refractivity contribution is 5.21. The second-order valence-electron chi connectivity index (χ2n) is 3.26. The van der Waals surface area contributed by atoms with Crippen molar-refractivity contribution in [2.75, 3.05) is 13.1 Å². The van der Waals surface area contributed by atoms with Gasteiger partial charge in [-0.3, -0.25) is 9.88 Å². The van der Waals surface area contributed by atoms with Crippen LogP contribution in [0.5, 0.6) is 0 Å². The lowest BCUT2D eigenvalue weighted by Gasteiger charge is -2.18. The van der Waals surface area contributed by atoms with E-state index in [2.05, 4.69) is 36.7 Å². The molecule has 1 aromatic heterocycles. The summed E-state index contributed by atoms with van der Waals surface area (Å²) in [7, 11) is 0. The van der Waals surface area contributed by atoms with Crippen molar-refractivity contribution in [3.05, 3.63) is 29.6 Å². The van der Waals surface area contributed by atoms with Crippen LogP contribution in [0.4, 0.5) is 0 Å². The molecule has 0 aliphatic rings. The lowest BCUT2D eigenvalue weighted by Crippen LogP contribution is -2.22. The molecule has 0 amide bonds. The maximum atomic E-state index is 4.14. The molecule has 2 heteroatoms. The van der Waals surface area contributed by atoms with Gasteiger partial charge in [-0.1, -0.05) is 13.8 Å². The van der Waals surface area contributed by atoms with Crippen molar-refractivity contribution in [3.63, 3.8) is 0 Å². The Morgan fingerprint density at radius 3 is 2.54 bits per heavy atom. The molecule has 0 bridgehead atoms. The molecule has 1 aromatic rings. The molecule has 0 aliphatic carbocycles. The lowest BCUT2D eigenvalue weighted by atomic mass is 10.1. The fraction of sp³-hybridized carbons (Fsp3) is 0.545. The molecule has 72 valence electrons. The van der Waals surface area contributed by atoms with E-state index in [0.717, 1.165) is 19.6 Å². The SMILES string of the molecule is CCN(CC)Cc1cnccc1C. The fourth-order valence-electron chi connectivity index (χ4n) is 1.35. The molecule has 0 atom stereocenters. The van der Waals surface area contributed by atoms with Crippen LogP contribution in [0.3, 0.4) is 0 Å². The standard InChI is InChI=1S/C11H18N2/c1-4-13(5-2)9-11-8-12-7-6-10(11)3/h6-8H,4-5,9H2,1-3H3. The average Bonchev–Trinajstić information content (AvgIpc) is 2.17. The second kappa shape index (κ2) is 4.97. The Hall–Kier alpha value is -0.890. The zero-order valence-corrected chi connectivity index (χ0v) is 8.75. The molecule has 0 N–H and O–H groups in total. The van der Waals surface area contributed by atoms with E-state index in [1.807, 2.05) is 12.4 Å². The van der Waals surface area contributed by atoms with Crippen LogP contribution in [-0.4, -0.2) is 23.0 Å². The van der Waals surface area contributed by atoms with Gasteiger partial charge in [0.25, 0.3) is 0 Å². The first-order chi connectivity index (χ1) is 6.27. The quantitative estimate of drug-likeness (QED) is 0.703. The van der Waals surface area contributed by atoms with Gasteiger partial charge in [0.2, 0.25) is 0 Å². The van der Waals surface area contributed by atoms with Crippen molar-refractivity contribution in [1.82, 2.24) is 9.88 Å². The van der Waals surface area contributed by atoms with Gasteiger partial charge in [-0.15, -0.1) is 0 Å². The number of nitrogens with zero attached hydrogens (tertiary/aromatic N) is 2. The van der Waals surface area contributed by atoms with Crippen LogP contribution in [0.25, 0.3) is 0 Å². The van der Waals surface area contributed by atoms with Crippen LogP contribution in [0.1, 0.15) is 25.0 Å². The van der Waals surface area contributed by atoms with Gasteiger partial charge in [0.15, 0.2) is 0 Å². The highest BCUT2D eigenvalue weighted by Crippen LogP contribution is 2.08. The van der Waals surface area contributed by atoms with Gasteiger partial charge in [0, 0.05) is 18.9 Å². The normalized spacial score (nSPS) is 10.8. The van der Waals surface area contributed by atoms with Crippen molar-refractivity contribution >= 4 is 0 Å². The highest BCUT2D eigenvalue weighted by Gasteiger charge is 2.02. The van der Waals surface area contributed by atoms with Gasteiger partial charge >= 0.3 is 0 Å². The van der Waals surface area contributed by atoms with Crippen molar-refractivity contribution in [1.29, 1.82) is 0 Å². The summed E-state index contributed by atoms with van der Waals surface area (Å²) < 4.78 is 0. The molecule has 0 radical (unpaired) electrons. The number of pyridine rings is 1. The molecular formula is C11H18N2. The van der Waals surface area contributed by atoms with Gasteiger partial charge < -0.3 is 0 Å². The fourth-order valence-corrected chi connectivity index (χ4v) is 1.35. The predicted molar refractivity (Wildman–Crippen MR) is 55.6 cm³/mol. The van der Waals surface area contributed by atoms with Crippen LogP contribution in [0, 0.1) is 6.92 Å². The van der Waals surface area contributed by atoms with E-state index >= 15 is 0 Å². The summed E-state index contributed by atoms with van der Waals surface area (Å²) in [5, 5.41) is 0. The van der Waals surface area contributed by atoms with Crippen LogP contribution in [-0.2, 0) is 6.54 Å². The van der Waals surface area contributed by atoms with E-state index in [-0.39, 0.29) is 0 Å². The zero-order valence-electron chi connectivity index (χ0n) is 8.75. The van der Waals surface area contributed by atoms with E-state index in [0.29, 0.717) is 0 Å². The van der Waals surface area contributed by atoms with Crippen molar-refractivity contribution < 1.29 is 0 Å². The molecule has 0 saturated heterocycles. The summed E-state index contributed by atoms with van der Waals surface area (Å²) in [5.74, 6) is 0. The van der Waals surface area contributed by atoms with Crippen LogP contribution < -0.4 is 0 Å². The molecule has 0 fully saturated rings. The molecule has 0 saturated carbocycles. The van der Waals surface area contributed by atoms with E-state index < -0.39 is 0 Å². The minimum absolute atomic E-state index is 1.02. The monoisotopic (exact) mass is 178 g/mol. The molecule has 1 heterocycles. The van der Waals surface area contributed by atoms with E-state index in [9.17, 15) is 0 Å². The third-order valence-corrected chi connectivity index (χ3v) is 2.44. The Bertz CT molecular complexity index is 254. The lowest BCUT2D eigenvalue weighted by molar-refractivity contribution is 0.295. The van der Waals surface area contributed by atoms with E-state index in [1.165, 1.54) is 11.1 Å². The van der Waals surface area contributed by atoms with Crippen molar-refractivity contribution in [3.8, 4) is 0 Å². The Labute approximate surface area is 80.6 Å². The Balaban J connectivity index is 2.67. The summed E-state index contributed by atoms with van der Waals surface area (Å²) in [5.41, 5.74) is 2.67. The first kappa shape index (κ1) is 10.2. The third kappa shape index (κ3) is 2.81. The number of aryl methyl sites for hydroxylation is 1. The molecular weight excluding hydrogens is 160 g/mol. The topological polar surface area (TPSA) is 16.1 Å². The largest absolute Gasteiger partial charge is 0.300 e. The van der Waals surface area contributed by atoms with E-state index in [1.54, 1.807) is 0 Å². The number of hydrogen-bond donors (Lipinski definition) is 0. The first-order valence-electron chi connectivity index (χ1n) is 4.89. The third-order valence-electron chi connectivity index (χ3n) is 2.44. The van der Waals surface area contributed by atoms with Gasteiger partial charge in [-0.25, -0.2) is 0 Å². The zero-order chi connectivity index (χ0) is 9.68. The Morgan fingerprint density at radius 2 is 2.00 bits per heavy atom. The first-order valence-corrected chi connectivity index (χ1v) is 4.89. The summed E-state index contributed by atoms with van der Waals surface area (Å²) >= 11 is 0. The summed E-state index contributed by atoms with van der Waals surface area (Å²) in [4.78, 5) is 6.53. The van der Waals surface area contributed by atoms with Gasteiger partial charge in [-0.05, 0) is 37.2 Å². The van der Waals surface area contributed by atoms with Crippen LogP contribution in [0.2, 0.25) is 0 Å². The highest BCUT2D eigenvalue weighted by atomic mass is 15.1. The van der Waals surface area contributed by atoms with Crippen LogP contribution >= 0.6 is 0 Å². The number of hydrogen-bond acceptors (Lipinski definition) is 2. The Morgan fingerprint density at radius 1 is 1.31 bits per heavy atom. The minimum Gasteiger partial charge on any atom is -0.300 e. The maximum Gasteiger partial charge on any atom is 0.0315 e. The van der Waals surface area contributed by atoms with Gasteiger partial charge in [0.1, 0.15) is 0 Å². The summed E-state index contributed by atoms with van der Waals surface area (Å²) in [6, 6.07) is 2.07. The molecule has 13 heavy (non-hydrogen) atoms. The summed E-state index contributed by atoms with van der Waals surface area (Å²) in [6.45, 7) is 9.74. The smallest absolute Gasteiger partial charge is 0.0315 e. The molecule has 0 spiro atoms. The summed E-state index contributed by atoms with van der Waals surface area (Å²) in [6.07, 6.45) is 3.81. The van der Waals surface area contributed by atoms with Crippen LogP contribution in [0.15, 0.2) is 18.5 Å². The average molecular weight is 178 g/mol. The molecule has 0 unspecified atom stereocenters. The molecule has 0 aliphatic heterocycles. The number of rotatable bonds is 4. The molecule has 1 rings (SSSR count). The van der Waals surface area contributed by atoms with Gasteiger partial charge in [-0.2, -0.15) is 0 Å². The number of aromatic nitrogens is 1. The second-order valence-corrected chi connectivity index (χ2v) is 3.26. The Kier molecular flexibility index (Phi) is 3.90. The van der Waals surface area contributed by atoms with Gasteiger partial charge in [0.05, 0.1) is 0 Å².